The number of amides is 1. The second-order valence-electron chi connectivity index (χ2n) is 4.50. The number of anilines is 1. The first-order valence-electron chi connectivity index (χ1n) is 6.33. The largest absolute Gasteiger partial charge is 0.330 e. The zero-order valence-corrected chi connectivity index (χ0v) is 11.9. The molecule has 0 bridgehead atoms. The normalized spacial score (nSPS) is 10.3. The summed E-state index contributed by atoms with van der Waals surface area (Å²) in [6.07, 6.45) is 2.31. The monoisotopic (exact) mass is 289 g/mol. The topological polar surface area (TPSA) is 68.0 Å². The molecule has 0 spiro atoms. The molecule has 0 atom stereocenters. The molecule has 1 aromatic carbocycles. The maximum atomic E-state index is 12.3. The van der Waals surface area contributed by atoms with E-state index in [-0.39, 0.29) is 11.1 Å². The van der Waals surface area contributed by atoms with Gasteiger partial charge in [0, 0.05) is 11.8 Å². The second-order valence-corrected chi connectivity index (χ2v) is 4.86. The molecule has 1 amide bonds. The van der Waals surface area contributed by atoms with Gasteiger partial charge in [0.25, 0.3) is 5.91 Å². The quantitative estimate of drug-likeness (QED) is 0.851. The van der Waals surface area contributed by atoms with Crippen molar-refractivity contribution in [2.45, 2.75) is 13.3 Å². The maximum absolute atomic E-state index is 12.3. The van der Waals surface area contributed by atoms with Crippen molar-refractivity contribution in [1.29, 1.82) is 0 Å². The molecule has 0 unspecified atom stereocenters. The van der Waals surface area contributed by atoms with Gasteiger partial charge in [-0.1, -0.05) is 29.8 Å². The molecule has 0 aliphatic carbocycles. The Labute approximate surface area is 123 Å². The molecule has 20 heavy (non-hydrogen) atoms. The first-order chi connectivity index (χ1) is 9.61. The summed E-state index contributed by atoms with van der Waals surface area (Å²) in [5.41, 5.74) is 8.53. The Hall–Kier alpha value is -1.91. The van der Waals surface area contributed by atoms with E-state index < -0.39 is 0 Å². The van der Waals surface area contributed by atoms with E-state index >= 15 is 0 Å². The van der Waals surface area contributed by atoms with Gasteiger partial charge in [-0.2, -0.15) is 0 Å². The lowest BCUT2D eigenvalue weighted by Crippen LogP contribution is -2.16. The van der Waals surface area contributed by atoms with Crippen LogP contribution in [0.25, 0.3) is 0 Å². The van der Waals surface area contributed by atoms with Crippen LogP contribution in [-0.2, 0) is 6.42 Å². The first kappa shape index (κ1) is 14.5. The molecule has 0 aliphatic rings. The van der Waals surface area contributed by atoms with E-state index in [1.54, 1.807) is 18.3 Å². The molecule has 0 aliphatic heterocycles. The van der Waals surface area contributed by atoms with Gasteiger partial charge in [0.05, 0.1) is 5.69 Å². The Balaban J connectivity index is 2.26. The molecular weight excluding hydrogens is 274 g/mol. The highest BCUT2D eigenvalue weighted by Gasteiger charge is 2.12. The number of nitrogens with zero attached hydrogens (tertiary/aromatic N) is 1. The number of hydrogen-bond acceptors (Lipinski definition) is 3. The van der Waals surface area contributed by atoms with Gasteiger partial charge >= 0.3 is 0 Å². The smallest absolute Gasteiger partial charge is 0.256 e. The van der Waals surface area contributed by atoms with Crippen molar-refractivity contribution in [3.05, 3.63) is 58.4 Å². The molecule has 3 N–H and O–H groups in total. The third-order valence-electron chi connectivity index (χ3n) is 2.90. The molecule has 1 aromatic heterocycles. The van der Waals surface area contributed by atoms with Crippen molar-refractivity contribution >= 4 is 23.2 Å². The summed E-state index contributed by atoms with van der Waals surface area (Å²) in [5, 5.41) is 3.07. The summed E-state index contributed by atoms with van der Waals surface area (Å²) in [5.74, 6) is -0.205. The highest BCUT2D eigenvalue weighted by Crippen LogP contribution is 2.21. The van der Waals surface area contributed by atoms with E-state index in [0.29, 0.717) is 24.2 Å². The van der Waals surface area contributed by atoms with Crippen molar-refractivity contribution in [1.82, 2.24) is 4.98 Å². The number of benzene rings is 1. The van der Waals surface area contributed by atoms with Crippen molar-refractivity contribution in [2.24, 2.45) is 5.73 Å². The van der Waals surface area contributed by atoms with E-state index in [2.05, 4.69) is 10.3 Å². The Kier molecular flexibility index (Phi) is 4.71. The number of aryl methyl sites for hydroxylation is 1. The lowest BCUT2D eigenvalue weighted by Gasteiger charge is -2.10. The zero-order valence-electron chi connectivity index (χ0n) is 11.2. The summed E-state index contributed by atoms with van der Waals surface area (Å²) in [4.78, 5) is 16.3. The summed E-state index contributed by atoms with van der Waals surface area (Å²) in [6.45, 7) is 2.39. The molecule has 0 saturated carbocycles. The van der Waals surface area contributed by atoms with Gasteiger partial charge in [-0.3, -0.25) is 4.79 Å². The number of pyridine rings is 1. The Morgan fingerprint density at radius 3 is 2.90 bits per heavy atom. The van der Waals surface area contributed by atoms with E-state index in [1.807, 2.05) is 25.1 Å². The highest BCUT2D eigenvalue weighted by molar-refractivity contribution is 6.32. The van der Waals surface area contributed by atoms with Crippen molar-refractivity contribution in [3.8, 4) is 0 Å². The fourth-order valence-electron chi connectivity index (χ4n) is 1.95. The van der Waals surface area contributed by atoms with Crippen molar-refractivity contribution in [3.63, 3.8) is 0 Å². The third kappa shape index (κ3) is 3.35. The number of halogens is 1. The van der Waals surface area contributed by atoms with Gasteiger partial charge in [-0.15, -0.1) is 0 Å². The van der Waals surface area contributed by atoms with Crippen molar-refractivity contribution in [2.75, 3.05) is 11.9 Å². The van der Waals surface area contributed by atoms with E-state index in [0.717, 1.165) is 11.1 Å². The molecule has 0 saturated heterocycles. The van der Waals surface area contributed by atoms with Gasteiger partial charge in [0.2, 0.25) is 0 Å². The summed E-state index contributed by atoms with van der Waals surface area (Å²) in [6, 6.07) is 9.18. The lowest BCUT2D eigenvalue weighted by molar-refractivity contribution is 0.102. The molecule has 0 radical (unpaired) electrons. The number of hydrogen-bond donors (Lipinski definition) is 2. The standard InChI is InChI=1S/C15H16ClN3O/c1-10-8-13(14(16)18-9-10)19-15(20)12-5-3-2-4-11(12)6-7-17/h2-5,8-9H,6-7,17H2,1H3,(H,19,20). The molecule has 2 aromatic rings. The predicted octanol–water partition coefficient (Wildman–Crippen LogP) is 2.80. The van der Waals surface area contributed by atoms with Crippen LogP contribution in [0.15, 0.2) is 36.5 Å². The number of carbonyl (C=O) groups is 1. The number of aromatic nitrogens is 1. The Bertz CT molecular complexity index is 628. The number of nitrogens with one attached hydrogen (secondary N) is 1. The van der Waals surface area contributed by atoms with Crippen LogP contribution in [0.1, 0.15) is 21.5 Å². The zero-order chi connectivity index (χ0) is 14.5. The summed E-state index contributed by atoms with van der Waals surface area (Å²) >= 11 is 5.98. The van der Waals surface area contributed by atoms with Gasteiger partial charge in [-0.05, 0) is 43.1 Å². The van der Waals surface area contributed by atoms with Crippen molar-refractivity contribution < 1.29 is 4.79 Å². The van der Waals surface area contributed by atoms with Crippen LogP contribution < -0.4 is 11.1 Å². The van der Waals surface area contributed by atoms with Crippen LogP contribution in [0.4, 0.5) is 5.69 Å². The van der Waals surface area contributed by atoms with E-state index in [9.17, 15) is 4.79 Å². The average molecular weight is 290 g/mol. The van der Waals surface area contributed by atoms with Gasteiger partial charge in [-0.25, -0.2) is 4.98 Å². The average Bonchev–Trinajstić information content (AvgIpc) is 2.44. The molecule has 104 valence electrons. The van der Waals surface area contributed by atoms with E-state index in [1.165, 1.54) is 0 Å². The van der Waals surface area contributed by atoms with Crippen LogP contribution in [0.2, 0.25) is 5.15 Å². The first-order valence-corrected chi connectivity index (χ1v) is 6.71. The summed E-state index contributed by atoms with van der Waals surface area (Å²) < 4.78 is 0. The fourth-order valence-corrected chi connectivity index (χ4v) is 2.10. The minimum absolute atomic E-state index is 0.205. The lowest BCUT2D eigenvalue weighted by atomic mass is 10.0. The Morgan fingerprint density at radius 1 is 1.40 bits per heavy atom. The minimum atomic E-state index is -0.205. The van der Waals surface area contributed by atoms with Crippen LogP contribution in [0.5, 0.6) is 0 Å². The fraction of sp³-hybridized carbons (Fsp3) is 0.200. The highest BCUT2D eigenvalue weighted by atomic mass is 35.5. The molecule has 5 heteroatoms. The molecule has 1 heterocycles. The predicted molar refractivity (Wildman–Crippen MR) is 81.1 cm³/mol. The van der Waals surface area contributed by atoms with Crippen LogP contribution in [-0.4, -0.2) is 17.4 Å². The molecular formula is C15H16ClN3O. The number of carbonyl (C=O) groups excluding carboxylic acids is 1. The number of rotatable bonds is 4. The van der Waals surface area contributed by atoms with Gasteiger partial charge in [0.1, 0.15) is 0 Å². The molecule has 2 rings (SSSR count). The van der Waals surface area contributed by atoms with Crippen LogP contribution >= 0.6 is 11.6 Å². The third-order valence-corrected chi connectivity index (χ3v) is 3.20. The second kappa shape index (κ2) is 6.50. The SMILES string of the molecule is Cc1cnc(Cl)c(NC(=O)c2ccccc2CCN)c1. The number of nitrogens with two attached hydrogens (primary N) is 1. The van der Waals surface area contributed by atoms with Crippen LogP contribution in [0.3, 0.4) is 0 Å². The Morgan fingerprint density at radius 2 is 2.15 bits per heavy atom. The summed E-state index contributed by atoms with van der Waals surface area (Å²) in [7, 11) is 0. The maximum Gasteiger partial charge on any atom is 0.256 e. The van der Waals surface area contributed by atoms with E-state index in [4.69, 9.17) is 17.3 Å². The van der Waals surface area contributed by atoms with Gasteiger partial charge in [0.15, 0.2) is 5.15 Å². The van der Waals surface area contributed by atoms with Gasteiger partial charge < -0.3 is 11.1 Å². The molecule has 4 nitrogen and oxygen atoms in total. The minimum Gasteiger partial charge on any atom is -0.330 e. The molecule has 0 fully saturated rings. The van der Waals surface area contributed by atoms with Crippen LogP contribution in [0, 0.1) is 6.92 Å².